The molecule has 0 saturated carbocycles. The predicted octanol–water partition coefficient (Wildman–Crippen LogP) is 2.15. The zero-order valence-electron chi connectivity index (χ0n) is 10.7. The molecule has 1 saturated heterocycles. The van der Waals surface area contributed by atoms with E-state index in [4.69, 9.17) is 34.8 Å². The van der Waals surface area contributed by atoms with Crippen molar-refractivity contribution in [1.82, 2.24) is 4.31 Å². The second kappa shape index (κ2) is 6.22. The molecular formula is C11H12Cl3NO4S2. The largest absolute Gasteiger partial charge is 0.244 e. The minimum Gasteiger partial charge on any atom is -0.229 e. The van der Waals surface area contributed by atoms with E-state index < -0.39 is 19.9 Å². The first-order valence-electron chi connectivity index (χ1n) is 5.92. The molecule has 1 aliphatic rings. The van der Waals surface area contributed by atoms with Crippen LogP contribution in [0, 0.1) is 0 Å². The van der Waals surface area contributed by atoms with Gasteiger partial charge in [-0.15, -0.1) is 11.6 Å². The van der Waals surface area contributed by atoms with Gasteiger partial charge in [0.2, 0.25) is 10.0 Å². The van der Waals surface area contributed by atoms with Crippen molar-refractivity contribution >= 4 is 54.7 Å². The second-order valence-electron chi connectivity index (χ2n) is 4.56. The molecular weight excluding hydrogens is 381 g/mol. The van der Waals surface area contributed by atoms with Gasteiger partial charge < -0.3 is 0 Å². The SMILES string of the molecule is O=S1(=O)CCN(S(=O)(=O)c2cc(CCl)c(Cl)cc2Cl)CC1. The summed E-state index contributed by atoms with van der Waals surface area (Å²) in [5.41, 5.74) is 0.450. The van der Waals surface area contributed by atoms with E-state index in [1.807, 2.05) is 0 Å². The Kier molecular flexibility index (Phi) is 5.12. The van der Waals surface area contributed by atoms with Gasteiger partial charge in [-0.3, -0.25) is 0 Å². The summed E-state index contributed by atoms with van der Waals surface area (Å²) >= 11 is 17.6. The van der Waals surface area contributed by atoms with Crippen molar-refractivity contribution in [3.63, 3.8) is 0 Å². The third-order valence-corrected chi connectivity index (χ3v) is 7.78. The first-order chi connectivity index (χ1) is 9.67. The van der Waals surface area contributed by atoms with Gasteiger partial charge in [0.25, 0.3) is 0 Å². The molecule has 0 amide bonds. The van der Waals surface area contributed by atoms with Crippen LogP contribution in [0.4, 0.5) is 0 Å². The number of hydrogen-bond acceptors (Lipinski definition) is 4. The van der Waals surface area contributed by atoms with Crippen LogP contribution in [0.3, 0.4) is 0 Å². The number of sulfone groups is 1. The van der Waals surface area contributed by atoms with E-state index >= 15 is 0 Å². The van der Waals surface area contributed by atoms with E-state index in [0.29, 0.717) is 5.56 Å². The van der Waals surface area contributed by atoms with E-state index in [1.54, 1.807) is 0 Å². The molecule has 1 aromatic carbocycles. The Bertz CT molecular complexity index is 748. The van der Waals surface area contributed by atoms with Crippen molar-refractivity contribution in [3.05, 3.63) is 27.7 Å². The number of rotatable bonds is 3. The molecule has 0 aromatic heterocycles. The molecule has 2 rings (SSSR count). The van der Waals surface area contributed by atoms with E-state index in [9.17, 15) is 16.8 Å². The Labute approximate surface area is 138 Å². The van der Waals surface area contributed by atoms with Gasteiger partial charge in [-0.2, -0.15) is 4.31 Å². The summed E-state index contributed by atoms with van der Waals surface area (Å²) in [6, 6.07) is 2.66. The molecule has 0 aliphatic carbocycles. The Morgan fingerprint density at radius 1 is 1.10 bits per heavy atom. The summed E-state index contributed by atoms with van der Waals surface area (Å²) in [5, 5.41) is 0.275. The maximum Gasteiger partial charge on any atom is 0.244 e. The van der Waals surface area contributed by atoms with Crippen molar-refractivity contribution in [3.8, 4) is 0 Å². The quantitative estimate of drug-likeness (QED) is 0.739. The van der Waals surface area contributed by atoms with Gasteiger partial charge in [0.15, 0.2) is 9.84 Å². The Morgan fingerprint density at radius 2 is 1.67 bits per heavy atom. The zero-order valence-corrected chi connectivity index (χ0v) is 14.6. The van der Waals surface area contributed by atoms with Gasteiger partial charge in [0.1, 0.15) is 4.90 Å². The second-order valence-corrected chi connectivity index (χ2v) is 9.86. The summed E-state index contributed by atoms with van der Waals surface area (Å²) in [5.74, 6) is -0.341. The molecule has 0 spiro atoms. The third kappa shape index (κ3) is 3.65. The number of nitrogens with zero attached hydrogens (tertiary/aromatic N) is 1. The average molecular weight is 393 g/mol. The molecule has 5 nitrogen and oxygen atoms in total. The highest BCUT2D eigenvalue weighted by atomic mass is 35.5. The molecule has 0 N–H and O–H groups in total. The van der Waals surface area contributed by atoms with Gasteiger partial charge in [0.05, 0.1) is 16.5 Å². The molecule has 10 heteroatoms. The van der Waals surface area contributed by atoms with Crippen LogP contribution in [0.5, 0.6) is 0 Å². The molecule has 1 aliphatic heterocycles. The fraction of sp³-hybridized carbons (Fsp3) is 0.455. The normalized spacial score (nSPS) is 19.6. The number of halogens is 3. The highest BCUT2D eigenvalue weighted by molar-refractivity contribution is 7.92. The molecule has 21 heavy (non-hydrogen) atoms. The van der Waals surface area contributed by atoms with Gasteiger partial charge in [0, 0.05) is 24.0 Å². The third-order valence-electron chi connectivity index (χ3n) is 3.17. The molecule has 1 aromatic rings. The number of alkyl halides is 1. The summed E-state index contributed by atoms with van der Waals surface area (Å²) in [7, 11) is -7.04. The fourth-order valence-corrected chi connectivity index (χ4v) is 5.95. The topological polar surface area (TPSA) is 71.5 Å². The van der Waals surface area contributed by atoms with Crippen LogP contribution in [-0.2, 0) is 25.7 Å². The summed E-state index contributed by atoms with van der Waals surface area (Å²) in [4.78, 5) is -0.108. The summed E-state index contributed by atoms with van der Waals surface area (Å²) < 4.78 is 49.0. The van der Waals surface area contributed by atoms with Crippen LogP contribution < -0.4 is 0 Å². The maximum absolute atomic E-state index is 12.6. The molecule has 1 fully saturated rings. The van der Waals surface area contributed by atoms with Crippen molar-refractivity contribution in [2.24, 2.45) is 0 Å². The summed E-state index contributed by atoms with van der Waals surface area (Å²) in [6.45, 7) is -0.167. The maximum atomic E-state index is 12.6. The summed E-state index contributed by atoms with van der Waals surface area (Å²) in [6.07, 6.45) is 0. The molecule has 0 unspecified atom stereocenters. The van der Waals surface area contributed by atoms with Gasteiger partial charge in [-0.25, -0.2) is 16.8 Å². The monoisotopic (exact) mass is 391 g/mol. The first-order valence-corrected chi connectivity index (χ1v) is 10.5. The van der Waals surface area contributed by atoms with Crippen LogP contribution in [0.15, 0.2) is 17.0 Å². The van der Waals surface area contributed by atoms with Crippen LogP contribution in [0.1, 0.15) is 5.56 Å². The van der Waals surface area contributed by atoms with Crippen molar-refractivity contribution in [2.45, 2.75) is 10.8 Å². The highest BCUT2D eigenvalue weighted by Crippen LogP contribution is 2.31. The van der Waals surface area contributed by atoms with Crippen molar-refractivity contribution in [1.29, 1.82) is 0 Å². The Hall–Kier alpha value is -0.0500. The van der Waals surface area contributed by atoms with Crippen molar-refractivity contribution in [2.75, 3.05) is 24.6 Å². The van der Waals surface area contributed by atoms with Crippen LogP contribution >= 0.6 is 34.8 Å². The first kappa shape index (κ1) is 17.3. The zero-order chi connectivity index (χ0) is 15.8. The van der Waals surface area contributed by atoms with Crippen molar-refractivity contribution < 1.29 is 16.8 Å². The van der Waals surface area contributed by atoms with Crippen LogP contribution in [-0.4, -0.2) is 45.7 Å². The van der Waals surface area contributed by atoms with Gasteiger partial charge in [-0.1, -0.05) is 23.2 Å². The lowest BCUT2D eigenvalue weighted by Gasteiger charge is -2.26. The van der Waals surface area contributed by atoms with Crippen LogP contribution in [0.2, 0.25) is 10.0 Å². The Balaban J connectivity index is 2.41. The average Bonchev–Trinajstić information content (AvgIpc) is 2.38. The smallest absolute Gasteiger partial charge is 0.229 e. The van der Waals surface area contributed by atoms with Gasteiger partial charge in [-0.05, 0) is 17.7 Å². The van der Waals surface area contributed by atoms with E-state index in [1.165, 1.54) is 12.1 Å². The lowest BCUT2D eigenvalue weighted by atomic mass is 10.2. The van der Waals surface area contributed by atoms with E-state index in [2.05, 4.69) is 0 Å². The molecule has 1 heterocycles. The number of benzene rings is 1. The van der Waals surface area contributed by atoms with E-state index in [0.717, 1.165) is 4.31 Å². The lowest BCUT2D eigenvalue weighted by Crippen LogP contribution is -2.43. The molecule has 0 bridgehead atoms. The van der Waals surface area contributed by atoms with E-state index in [-0.39, 0.29) is 45.4 Å². The minimum atomic E-state index is -3.87. The number of hydrogen-bond donors (Lipinski definition) is 0. The van der Waals surface area contributed by atoms with Gasteiger partial charge >= 0.3 is 0 Å². The number of sulfonamides is 1. The highest BCUT2D eigenvalue weighted by Gasteiger charge is 2.32. The van der Waals surface area contributed by atoms with Crippen LogP contribution in [0.25, 0.3) is 0 Å². The standard InChI is InChI=1S/C11H12Cl3NO4S2/c12-7-8-5-11(10(14)6-9(8)13)21(18,19)15-1-3-20(16,17)4-2-15/h5-6H,1-4,7H2. The minimum absolute atomic E-state index is 0.0118. The molecule has 118 valence electrons. The predicted molar refractivity (Wildman–Crippen MR) is 83.4 cm³/mol. The Morgan fingerprint density at radius 3 is 2.19 bits per heavy atom. The molecule has 0 radical (unpaired) electrons. The lowest BCUT2D eigenvalue weighted by molar-refractivity contribution is 0.431. The fourth-order valence-electron chi connectivity index (χ4n) is 1.95. The molecule has 0 atom stereocenters.